The third kappa shape index (κ3) is 2.69. The molecule has 1 amide bonds. The van der Waals surface area contributed by atoms with Crippen LogP contribution in [0.2, 0.25) is 0 Å². The van der Waals surface area contributed by atoms with E-state index in [1.54, 1.807) is 23.1 Å². The van der Waals surface area contributed by atoms with E-state index in [9.17, 15) is 4.79 Å². The van der Waals surface area contributed by atoms with Crippen LogP contribution in [-0.4, -0.2) is 38.6 Å². The molecule has 0 atom stereocenters. The number of para-hydroxylation sites is 2. The Morgan fingerprint density at radius 1 is 1.12 bits per heavy atom. The van der Waals surface area contributed by atoms with E-state index in [4.69, 9.17) is 0 Å². The van der Waals surface area contributed by atoms with Crippen LogP contribution in [-0.2, 0) is 4.79 Å². The third-order valence-electron chi connectivity index (χ3n) is 4.27. The Morgan fingerprint density at radius 2 is 1.96 bits per heavy atom. The Morgan fingerprint density at radius 3 is 2.92 bits per heavy atom. The number of hydrogen-bond acceptors (Lipinski definition) is 6. The van der Waals surface area contributed by atoms with E-state index in [0.29, 0.717) is 5.75 Å². The summed E-state index contributed by atoms with van der Waals surface area (Å²) in [6.07, 6.45) is 0. The molecule has 0 saturated carbocycles. The molecule has 5 nitrogen and oxygen atoms in total. The minimum atomic E-state index is 0.110. The minimum absolute atomic E-state index is 0.110. The fourth-order valence-electron chi connectivity index (χ4n) is 3.08. The van der Waals surface area contributed by atoms with E-state index in [1.165, 1.54) is 21.4 Å². The summed E-state index contributed by atoms with van der Waals surface area (Å²) >= 11 is 4.87. The summed E-state index contributed by atoms with van der Waals surface area (Å²) in [6, 6.07) is 16.3. The van der Waals surface area contributed by atoms with Crippen molar-refractivity contribution >= 4 is 61.6 Å². The molecule has 0 unspecified atom stereocenters. The molecule has 2 aromatic carbocycles. The van der Waals surface area contributed by atoms with Crippen molar-refractivity contribution in [3.8, 4) is 0 Å². The summed E-state index contributed by atoms with van der Waals surface area (Å²) in [4.78, 5) is 16.8. The summed E-state index contributed by atoms with van der Waals surface area (Å²) in [7, 11) is 0. The molecule has 5 rings (SSSR count). The Hall–Kier alpha value is -2.03. The number of thiazole rings is 1. The molecule has 0 N–H and O–H groups in total. The van der Waals surface area contributed by atoms with Crippen molar-refractivity contribution in [3.63, 3.8) is 0 Å². The summed E-state index contributed by atoms with van der Waals surface area (Å²) in [5.41, 5.74) is 2.11. The summed E-state index contributed by atoms with van der Waals surface area (Å²) in [6.45, 7) is 0.748. The highest BCUT2D eigenvalue weighted by molar-refractivity contribution is 8.00. The van der Waals surface area contributed by atoms with Crippen LogP contribution in [0.15, 0.2) is 58.6 Å². The average molecular weight is 399 g/mol. The number of benzene rings is 2. The van der Waals surface area contributed by atoms with Crippen LogP contribution in [0, 0.1) is 0 Å². The zero-order valence-corrected chi connectivity index (χ0v) is 16.1. The van der Waals surface area contributed by atoms with E-state index in [2.05, 4.69) is 28.4 Å². The van der Waals surface area contributed by atoms with Gasteiger partial charge in [-0.3, -0.25) is 9.20 Å². The summed E-state index contributed by atoms with van der Waals surface area (Å²) < 4.78 is 3.21. The molecule has 0 bridgehead atoms. The average Bonchev–Trinajstić information content (AvgIpc) is 3.25. The van der Waals surface area contributed by atoms with Gasteiger partial charge in [-0.25, -0.2) is 0 Å². The van der Waals surface area contributed by atoms with Gasteiger partial charge in [0, 0.05) is 17.2 Å². The van der Waals surface area contributed by atoms with Gasteiger partial charge in [0.1, 0.15) is 0 Å². The Labute approximate surface area is 162 Å². The Bertz CT molecular complexity index is 1120. The van der Waals surface area contributed by atoms with Gasteiger partial charge < -0.3 is 4.90 Å². The maximum atomic E-state index is 12.8. The molecule has 1 aliphatic rings. The minimum Gasteiger partial charge on any atom is -0.310 e. The van der Waals surface area contributed by atoms with Crippen molar-refractivity contribution in [3.05, 3.63) is 48.5 Å². The molecule has 0 radical (unpaired) electrons. The first-order valence-electron chi connectivity index (χ1n) is 8.19. The first-order chi connectivity index (χ1) is 12.8. The quantitative estimate of drug-likeness (QED) is 0.485. The number of nitrogens with zero attached hydrogens (tertiary/aromatic N) is 4. The van der Waals surface area contributed by atoms with Gasteiger partial charge in [0.2, 0.25) is 10.9 Å². The summed E-state index contributed by atoms with van der Waals surface area (Å²) in [5.74, 6) is 1.39. The number of aromatic nitrogens is 3. The van der Waals surface area contributed by atoms with Crippen molar-refractivity contribution in [1.29, 1.82) is 0 Å². The second kappa shape index (κ2) is 6.61. The highest BCUT2D eigenvalue weighted by Crippen LogP contribution is 2.35. The van der Waals surface area contributed by atoms with Crippen LogP contribution < -0.4 is 4.90 Å². The lowest BCUT2D eigenvalue weighted by atomic mass is 10.3. The summed E-state index contributed by atoms with van der Waals surface area (Å²) in [5, 5.41) is 9.31. The molecule has 2 aromatic heterocycles. The van der Waals surface area contributed by atoms with Crippen LogP contribution in [0.25, 0.3) is 15.2 Å². The van der Waals surface area contributed by atoms with E-state index < -0.39 is 0 Å². The molecule has 4 aromatic rings. The second-order valence-electron chi connectivity index (χ2n) is 5.82. The van der Waals surface area contributed by atoms with Gasteiger partial charge in [0.15, 0.2) is 5.16 Å². The molecule has 130 valence electrons. The van der Waals surface area contributed by atoms with Crippen LogP contribution >= 0.6 is 34.9 Å². The highest BCUT2D eigenvalue weighted by atomic mass is 32.2. The van der Waals surface area contributed by atoms with Gasteiger partial charge in [0.25, 0.3) is 0 Å². The lowest BCUT2D eigenvalue weighted by molar-refractivity contribution is -0.116. The maximum absolute atomic E-state index is 12.8. The van der Waals surface area contributed by atoms with Crippen LogP contribution in [0.3, 0.4) is 0 Å². The van der Waals surface area contributed by atoms with Gasteiger partial charge in [-0.1, -0.05) is 47.4 Å². The van der Waals surface area contributed by atoms with Crippen LogP contribution in [0.1, 0.15) is 0 Å². The number of thioether (sulfide) groups is 2. The molecule has 0 saturated heterocycles. The molecule has 1 aliphatic heterocycles. The normalized spacial score (nSPS) is 14.1. The van der Waals surface area contributed by atoms with Gasteiger partial charge in [-0.15, -0.1) is 22.0 Å². The fourth-order valence-corrected chi connectivity index (χ4v) is 5.92. The number of amides is 1. The molecule has 8 heteroatoms. The van der Waals surface area contributed by atoms with Crippen molar-refractivity contribution in [2.24, 2.45) is 0 Å². The molecular formula is C18H14N4OS3. The highest BCUT2D eigenvalue weighted by Gasteiger charge is 2.23. The Balaban J connectivity index is 1.40. The van der Waals surface area contributed by atoms with Crippen LogP contribution in [0.5, 0.6) is 0 Å². The molecular weight excluding hydrogens is 384 g/mol. The molecule has 0 fully saturated rings. The maximum Gasteiger partial charge on any atom is 0.237 e. The zero-order chi connectivity index (χ0) is 17.5. The van der Waals surface area contributed by atoms with E-state index in [-0.39, 0.29) is 5.91 Å². The van der Waals surface area contributed by atoms with Crippen molar-refractivity contribution in [2.45, 2.75) is 10.1 Å². The lowest BCUT2D eigenvalue weighted by Crippen LogP contribution is -2.36. The number of hydrogen-bond donors (Lipinski definition) is 0. The van der Waals surface area contributed by atoms with Gasteiger partial charge in [0.05, 0.1) is 21.7 Å². The Kier molecular flexibility index (Phi) is 4.11. The van der Waals surface area contributed by atoms with Gasteiger partial charge in [-0.2, -0.15) is 0 Å². The zero-order valence-electron chi connectivity index (χ0n) is 13.7. The first-order valence-corrected chi connectivity index (χ1v) is 11.0. The largest absolute Gasteiger partial charge is 0.310 e. The number of fused-ring (bicyclic) bond motifs is 4. The number of carbonyl (C=O) groups excluding carboxylic acids is 1. The van der Waals surface area contributed by atoms with Crippen LogP contribution in [0.4, 0.5) is 5.69 Å². The van der Waals surface area contributed by atoms with Crippen molar-refractivity contribution in [1.82, 2.24) is 14.6 Å². The standard InChI is InChI=1S/C18H14N4OS3/c23-16(21-9-10-24-14-7-3-1-5-12(14)21)11-25-17-19-20-18-22(17)13-6-2-4-8-15(13)26-18/h1-8H,9-11H2. The topological polar surface area (TPSA) is 50.5 Å². The predicted molar refractivity (Wildman–Crippen MR) is 109 cm³/mol. The SMILES string of the molecule is O=C(CSc1nnc2sc3ccccc3n12)N1CCSc2ccccc21. The molecule has 3 heterocycles. The number of anilines is 1. The van der Waals surface area contributed by atoms with Crippen molar-refractivity contribution in [2.75, 3.05) is 23.0 Å². The lowest BCUT2D eigenvalue weighted by Gasteiger charge is -2.28. The van der Waals surface area contributed by atoms with E-state index in [1.807, 2.05) is 39.6 Å². The number of rotatable bonds is 3. The van der Waals surface area contributed by atoms with E-state index >= 15 is 0 Å². The molecule has 0 spiro atoms. The van der Waals surface area contributed by atoms with Gasteiger partial charge >= 0.3 is 0 Å². The van der Waals surface area contributed by atoms with Crippen molar-refractivity contribution < 1.29 is 4.79 Å². The monoisotopic (exact) mass is 398 g/mol. The fraction of sp³-hybridized carbons (Fsp3) is 0.167. The molecule has 0 aliphatic carbocycles. The first kappa shape index (κ1) is 16.2. The third-order valence-corrected chi connectivity index (χ3v) is 7.23. The number of carbonyl (C=O) groups is 1. The predicted octanol–water partition coefficient (Wildman–Crippen LogP) is 4.18. The van der Waals surface area contributed by atoms with Gasteiger partial charge in [-0.05, 0) is 24.3 Å². The second-order valence-corrected chi connectivity index (χ2v) is 8.91. The smallest absolute Gasteiger partial charge is 0.237 e. The van der Waals surface area contributed by atoms with E-state index in [0.717, 1.165) is 33.6 Å². The molecule has 26 heavy (non-hydrogen) atoms.